The van der Waals surface area contributed by atoms with Gasteiger partial charge in [0.15, 0.2) is 10.1 Å². The van der Waals surface area contributed by atoms with Crippen molar-refractivity contribution in [3.8, 4) is 11.4 Å². The number of carboxylic acid groups (broad SMARTS) is 2. The van der Waals surface area contributed by atoms with Crippen LogP contribution in [0.1, 0.15) is 43.5 Å². The van der Waals surface area contributed by atoms with E-state index in [1.165, 1.54) is 54.7 Å². The van der Waals surface area contributed by atoms with E-state index in [1.807, 2.05) is 0 Å². The van der Waals surface area contributed by atoms with E-state index in [9.17, 15) is 48.8 Å². The number of nitrogens with one attached hydrogen (secondary N) is 1. The number of hydrogen-bond donors (Lipinski definition) is 3. The molecule has 0 atom stereocenters. The van der Waals surface area contributed by atoms with Crippen LogP contribution in [0.5, 0.6) is 0 Å². The van der Waals surface area contributed by atoms with Crippen LogP contribution in [0.15, 0.2) is 117 Å². The van der Waals surface area contributed by atoms with Crippen LogP contribution in [-0.2, 0) is 47.1 Å². The van der Waals surface area contributed by atoms with Crippen molar-refractivity contribution in [2.45, 2.75) is 73.2 Å². The van der Waals surface area contributed by atoms with E-state index in [0.29, 0.717) is 29.2 Å². The number of benzene rings is 2. The third-order valence-electron chi connectivity index (χ3n) is 8.50. The van der Waals surface area contributed by atoms with Gasteiger partial charge < -0.3 is 25.2 Å². The molecule has 0 unspecified atom stereocenters. The topological polar surface area (TPSA) is 246 Å². The van der Waals surface area contributed by atoms with Crippen LogP contribution in [0, 0.1) is 37.1 Å². The number of aryl methyl sites for hydroxylation is 2. The van der Waals surface area contributed by atoms with Crippen molar-refractivity contribution >= 4 is 37.7 Å². The van der Waals surface area contributed by atoms with Crippen molar-refractivity contribution in [2.75, 3.05) is 14.1 Å². The van der Waals surface area contributed by atoms with E-state index >= 15 is 0 Å². The molecule has 0 aliphatic heterocycles. The first-order valence-electron chi connectivity index (χ1n) is 19.4. The van der Waals surface area contributed by atoms with E-state index in [2.05, 4.69) is 25.5 Å². The first-order chi connectivity index (χ1) is 31.2. The van der Waals surface area contributed by atoms with Crippen LogP contribution in [0.25, 0.3) is 11.4 Å². The second-order valence-corrected chi connectivity index (χ2v) is 18.9. The Hall–Kier alpha value is -7.31. The van der Waals surface area contributed by atoms with E-state index in [4.69, 9.17) is 14.9 Å². The molecule has 0 spiro atoms. The maximum atomic E-state index is 14.5. The van der Waals surface area contributed by atoms with E-state index < -0.39 is 71.6 Å². The summed E-state index contributed by atoms with van der Waals surface area (Å²) in [4.78, 5) is 40.4. The maximum Gasteiger partial charge on any atom is 0.410 e. The number of carbonyl (C=O) groups excluding carboxylic acids is 1. The Balaban J connectivity index is 0.000000256. The first-order valence-corrected chi connectivity index (χ1v) is 22.4. The highest BCUT2D eigenvalue weighted by Crippen LogP contribution is 2.28. The Labute approximate surface area is 382 Å². The van der Waals surface area contributed by atoms with Crippen molar-refractivity contribution in [2.24, 2.45) is 0 Å². The van der Waals surface area contributed by atoms with Gasteiger partial charge >= 0.3 is 18.0 Å². The first kappa shape index (κ1) is 52.3. The van der Waals surface area contributed by atoms with Crippen molar-refractivity contribution in [1.82, 2.24) is 39.7 Å². The average molecular weight is 973 g/mol. The molecule has 3 N–H and O–H groups in total. The molecule has 0 aliphatic carbocycles. The highest BCUT2D eigenvalue weighted by Gasteiger charge is 2.29. The number of sulfone groups is 2. The number of halogens is 4. The van der Waals surface area contributed by atoms with Gasteiger partial charge in [0.2, 0.25) is 19.7 Å². The molecule has 0 fully saturated rings. The molecule has 4 aromatic heterocycles. The fourth-order valence-corrected chi connectivity index (χ4v) is 8.12. The second kappa shape index (κ2) is 21.8. The molecule has 2 aromatic carbocycles. The standard InChI is InChI=1S/C22H24F2N4O4S.C17H16F2N4O2S.C4H4O4/c1-14-6-8-17(12-25-14)33(30,31)20-11-16(13-27(5)21(29)32-22(2,3)4)26-28(20)19-10-15(23)7-9-18(19)24;1-11-3-5-14(10-21-11)26(24,25)17-8-13(9-20-2)22-23(17)16-7-12(18)4-6-15(16)19;5-3(6)1-2-4(7)8/h6-12H,13H2,1-5H3;3-8,10,20H,9H2,1-2H3;1-2H,(H,5,6)(H,7,8)/b;;2-1+. The van der Waals surface area contributed by atoms with Crippen LogP contribution < -0.4 is 5.32 Å². The molecule has 6 rings (SSSR count). The van der Waals surface area contributed by atoms with Gasteiger partial charge in [-0.25, -0.2) is 58.1 Å². The van der Waals surface area contributed by atoms with Crippen LogP contribution in [-0.4, -0.2) is 99.2 Å². The number of hydrogen-bond acceptors (Lipinski definition) is 13. The van der Waals surface area contributed by atoms with Crippen molar-refractivity contribution < 1.29 is 63.7 Å². The lowest BCUT2D eigenvalue weighted by atomic mass is 10.2. The van der Waals surface area contributed by atoms with E-state index in [0.717, 1.165) is 45.8 Å². The highest BCUT2D eigenvalue weighted by atomic mass is 32.2. The number of rotatable bonds is 12. The molecule has 18 nitrogen and oxygen atoms in total. The van der Waals surface area contributed by atoms with Gasteiger partial charge in [-0.2, -0.15) is 10.2 Å². The number of aliphatic carboxylic acids is 2. The Bertz CT molecular complexity index is 3000. The molecular weight excluding hydrogens is 929 g/mol. The van der Waals surface area contributed by atoms with Crippen LogP contribution in [0.4, 0.5) is 22.4 Å². The van der Waals surface area contributed by atoms with Crippen molar-refractivity contribution in [3.05, 3.63) is 143 Å². The van der Waals surface area contributed by atoms with Crippen LogP contribution in [0.2, 0.25) is 0 Å². The number of aromatic nitrogens is 6. The fourth-order valence-electron chi connectivity index (χ4n) is 5.45. The minimum absolute atomic E-state index is 0.0583. The van der Waals surface area contributed by atoms with Gasteiger partial charge in [0, 0.05) is 73.8 Å². The number of ether oxygens (including phenoxy) is 1. The monoisotopic (exact) mass is 972 g/mol. The summed E-state index contributed by atoms with van der Waals surface area (Å²) < 4.78 is 116. The summed E-state index contributed by atoms with van der Waals surface area (Å²) in [6.45, 7) is 8.69. The predicted octanol–water partition coefficient (Wildman–Crippen LogP) is 6.17. The summed E-state index contributed by atoms with van der Waals surface area (Å²) in [5.74, 6) is -5.64. The van der Waals surface area contributed by atoms with Crippen LogP contribution >= 0.6 is 0 Å². The average Bonchev–Trinajstić information content (AvgIpc) is 3.88. The number of carboxylic acids is 2. The zero-order valence-corrected chi connectivity index (χ0v) is 38.4. The fraction of sp³-hybridized carbons (Fsp3) is 0.233. The number of carbonyl (C=O) groups is 3. The molecule has 1 amide bonds. The van der Waals surface area contributed by atoms with Crippen molar-refractivity contribution in [3.63, 3.8) is 0 Å². The quantitative estimate of drug-likeness (QED) is 0.0917. The highest BCUT2D eigenvalue weighted by molar-refractivity contribution is 7.91. The smallest absolute Gasteiger partial charge is 0.410 e. The Morgan fingerprint density at radius 2 is 1.12 bits per heavy atom. The molecule has 6 aromatic rings. The van der Waals surface area contributed by atoms with E-state index in [1.54, 1.807) is 47.7 Å². The number of amides is 1. The molecule has 0 aliphatic rings. The summed E-state index contributed by atoms with van der Waals surface area (Å²) in [5, 5.41) is 26.1. The lowest BCUT2D eigenvalue weighted by Gasteiger charge is -2.24. The van der Waals surface area contributed by atoms with Gasteiger partial charge in [0.25, 0.3) is 0 Å². The number of nitrogens with zero attached hydrogens (tertiary/aromatic N) is 7. The summed E-state index contributed by atoms with van der Waals surface area (Å²) in [6, 6.07) is 13.8. The molecule has 67 heavy (non-hydrogen) atoms. The third-order valence-corrected chi connectivity index (χ3v) is 11.9. The lowest BCUT2D eigenvalue weighted by Crippen LogP contribution is -2.33. The molecule has 0 saturated carbocycles. The van der Waals surface area contributed by atoms with Gasteiger partial charge in [0.05, 0.1) is 27.7 Å². The predicted molar refractivity (Wildman–Crippen MR) is 231 cm³/mol. The molecule has 0 saturated heterocycles. The molecular formula is C43H44F4N8O10S2. The minimum Gasteiger partial charge on any atom is -0.478 e. The van der Waals surface area contributed by atoms with Crippen molar-refractivity contribution in [1.29, 1.82) is 0 Å². The maximum absolute atomic E-state index is 14.5. The summed E-state index contributed by atoms with van der Waals surface area (Å²) in [7, 11) is -5.14. The SMILES string of the molecule is CNCc1cc(S(=O)(=O)c2ccc(C)nc2)n(-c2cc(F)ccc2F)n1.Cc1ccc(S(=O)(=O)c2cc(CN(C)C(=O)OC(C)(C)C)nn2-c2cc(F)ccc2F)cn1.O=C(O)/C=C/C(=O)O. The summed E-state index contributed by atoms with van der Waals surface area (Å²) in [5.41, 5.74) is 0.358. The Kier molecular flexibility index (Phi) is 17.0. The Morgan fingerprint density at radius 1 is 0.701 bits per heavy atom. The van der Waals surface area contributed by atoms with Gasteiger partial charge in [-0.15, -0.1) is 0 Å². The molecule has 0 bridgehead atoms. The van der Waals surface area contributed by atoms with E-state index in [-0.39, 0.29) is 45.0 Å². The van der Waals surface area contributed by atoms with Gasteiger partial charge in [-0.3, -0.25) is 9.97 Å². The third kappa shape index (κ3) is 14.1. The molecule has 4 heterocycles. The van der Waals surface area contributed by atoms with Gasteiger partial charge in [-0.1, -0.05) is 0 Å². The minimum atomic E-state index is -4.21. The van der Waals surface area contributed by atoms with Gasteiger partial charge in [0.1, 0.15) is 40.2 Å². The second-order valence-electron chi connectivity index (χ2n) is 15.1. The van der Waals surface area contributed by atoms with Crippen LogP contribution in [0.3, 0.4) is 0 Å². The number of pyridine rings is 2. The largest absolute Gasteiger partial charge is 0.478 e. The zero-order valence-electron chi connectivity index (χ0n) is 36.8. The molecule has 0 radical (unpaired) electrons. The summed E-state index contributed by atoms with van der Waals surface area (Å²) in [6.07, 6.45) is 2.86. The molecule has 24 heteroatoms. The summed E-state index contributed by atoms with van der Waals surface area (Å²) >= 11 is 0. The van der Waals surface area contributed by atoms with Gasteiger partial charge in [-0.05, 0) is 90.2 Å². The zero-order chi connectivity index (χ0) is 50.0. The Morgan fingerprint density at radius 3 is 1.49 bits per heavy atom. The molecule has 356 valence electrons. The lowest BCUT2D eigenvalue weighted by molar-refractivity contribution is -0.134. The normalized spacial score (nSPS) is 11.6.